The van der Waals surface area contributed by atoms with Crippen molar-refractivity contribution in [2.24, 2.45) is 0 Å². The van der Waals surface area contributed by atoms with Crippen LogP contribution in [0.2, 0.25) is 0 Å². The number of ether oxygens (including phenoxy) is 1. The molecule has 6 rings (SSSR count). The zero-order valence-electron chi connectivity index (χ0n) is 21.7. The predicted octanol–water partition coefficient (Wildman–Crippen LogP) is 6.08. The maximum absolute atomic E-state index is 11.2. The van der Waals surface area contributed by atoms with E-state index in [1.54, 1.807) is 37.8 Å². The van der Waals surface area contributed by atoms with Crippen LogP contribution in [0.3, 0.4) is 0 Å². The second-order valence-electron chi connectivity index (χ2n) is 7.71. The monoisotopic (exact) mass is 800 g/mol. The van der Waals surface area contributed by atoms with Crippen LogP contribution in [0.5, 0.6) is 5.88 Å². The number of methoxy groups -OCH3 is 1. The number of fused-ring (bicyclic) bond motifs is 2. The molecule has 0 bridgehead atoms. The smallest absolute Gasteiger partial charge is 0.369 e. The molecule has 0 aromatic carbocycles. The zero-order chi connectivity index (χ0) is 30.6. The van der Waals surface area contributed by atoms with Crippen molar-refractivity contribution in [3.63, 3.8) is 0 Å². The molecule has 0 radical (unpaired) electrons. The minimum absolute atomic E-state index is 0.145. The van der Waals surface area contributed by atoms with Gasteiger partial charge in [0.25, 0.3) is 0 Å². The summed E-state index contributed by atoms with van der Waals surface area (Å²) in [5, 5.41) is 2.05. The Morgan fingerprint density at radius 1 is 0.833 bits per heavy atom. The summed E-state index contributed by atoms with van der Waals surface area (Å²) in [5.41, 5.74) is 15.7. The molecule has 18 heteroatoms. The number of hydrogen-bond donors (Lipinski definition) is 5. The number of H-pyrrole nitrogens is 3. The standard InChI is InChI=1S/C12H11N5O.C11H9N5O.CH2Cl2.BBr3/c1-18-10-3-2-7-8(6-15-11(7)17-10)9-4-5-14-12(13)16-9;12-11-13-4-3-8(15-11)7-5-14-10-6(7)1-2-9(17)16-10;2-1-3;2-1(3)4/h2-6H,1H3,(H,15,17)(H2,13,14,16);1-5H,(H2,12,13,15)(H2,14,16,17);1H2;. The second kappa shape index (κ2) is 16.5. The Balaban J connectivity index is 0.000000190. The molecule has 7 N–H and O–H groups in total. The van der Waals surface area contributed by atoms with E-state index in [1.165, 1.54) is 6.07 Å². The number of pyridine rings is 2. The highest BCUT2D eigenvalue weighted by atomic mass is 79.9. The zero-order valence-corrected chi connectivity index (χ0v) is 27.9. The van der Waals surface area contributed by atoms with Crippen LogP contribution in [-0.4, -0.2) is 55.5 Å². The van der Waals surface area contributed by atoms with Crippen molar-refractivity contribution in [3.05, 3.63) is 71.5 Å². The van der Waals surface area contributed by atoms with E-state index in [2.05, 4.69) is 87.1 Å². The SMILES string of the molecule is BrB(Br)Br.COc1ccc2c(-c3ccnc(N)n3)c[nH]c2n1.ClCCl.Nc1nccc(-c2c[nH]c3[nH]c(=O)ccc23)n1. The summed E-state index contributed by atoms with van der Waals surface area (Å²) in [5.74, 6) is 1.04. The Morgan fingerprint density at radius 2 is 1.36 bits per heavy atom. The fraction of sp³-hybridized carbons (Fsp3) is 0.0833. The highest BCUT2D eigenvalue weighted by Gasteiger charge is 2.10. The van der Waals surface area contributed by atoms with Crippen LogP contribution in [0, 0.1) is 0 Å². The molecule has 0 amide bonds. The Hall–Kier alpha value is -3.18. The van der Waals surface area contributed by atoms with Gasteiger partial charge in [-0.25, -0.2) is 19.9 Å². The Labute approximate surface area is 274 Å². The fourth-order valence-electron chi connectivity index (χ4n) is 3.61. The first kappa shape index (κ1) is 33.3. The number of halogens is 5. The van der Waals surface area contributed by atoms with E-state index >= 15 is 0 Å². The lowest BCUT2D eigenvalue weighted by Crippen LogP contribution is -2.01. The number of alkyl halides is 2. The Bertz CT molecular complexity index is 1800. The van der Waals surface area contributed by atoms with Gasteiger partial charge >= 0.3 is 3.18 Å². The fourth-order valence-corrected chi connectivity index (χ4v) is 3.61. The quantitative estimate of drug-likeness (QED) is 0.104. The number of anilines is 2. The van der Waals surface area contributed by atoms with Crippen molar-refractivity contribution in [1.29, 1.82) is 0 Å². The summed E-state index contributed by atoms with van der Waals surface area (Å²) in [6.07, 6.45) is 6.86. The second-order valence-corrected chi connectivity index (χ2v) is 15.0. The molecule has 6 aromatic heterocycles. The number of aromatic nitrogens is 8. The normalized spacial score (nSPS) is 10.0. The van der Waals surface area contributed by atoms with Gasteiger partial charge in [-0.1, -0.05) is 0 Å². The van der Waals surface area contributed by atoms with Crippen LogP contribution in [0.1, 0.15) is 0 Å². The summed E-state index contributed by atoms with van der Waals surface area (Å²) in [7, 11) is 1.59. The van der Waals surface area contributed by atoms with Crippen molar-refractivity contribution in [2.75, 3.05) is 23.9 Å². The summed E-state index contributed by atoms with van der Waals surface area (Å²) < 4.78 is 5.35. The number of aromatic amines is 3. The third-order valence-corrected chi connectivity index (χ3v) is 5.19. The number of nitrogens with two attached hydrogens (primary N) is 2. The van der Waals surface area contributed by atoms with Gasteiger partial charge in [0.2, 0.25) is 23.3 Å². The van der Waals surface area contributed by atoms with E-state index in [0.717, 1.165) is 38.9 Å². The molecule has 0 saturated carbocycles. The van der Waals surface area contributed by atoms with Gasteiger partial charge in [0, 0.05) is 58.8 Å². The molecule has 0 fully saturated rings. The summed E-state index contributed by atoms with van der Waals surface area (Å²) in [4.78, 5) is 40.3. The lowest BCUT2D eigenvalue weighted by atomic mass is 10.1. The third-order valence-electron chi connectivity index (χ3n) is 5.19. The molecule has 0 atom stereocenters. The van der Waals surface area contributed by atoms with Gasteiger partial charge < -0.3 is 31.2 Å². The van der Waals surface area contributed by atoms with E-state index < -0.39 is 0 Å². The van der Waals surface area contributed by atoms with Gasteiger partial charge in [0.1, 0.15) is 11.3 Å². The average Bonchev–Trinajstić information content (AvgIpc) is 3.57. The van der Waals surface area contributed by atoms with E-state index in [-0.39, 0.29) is 26.0 Å². The first-order chi connectivity index (χ1) is 20.2. The van der Waals surface area contributed by atoms with E-state index in [4.69, 9.17) is 39.4 Å². The maximum atomic E-state index is 11.2. The van der Waals surface area contributed by atoms with Gasteiger partial charge in [-0.05, 0) is 24.3 Å². The number of hydrogen-bond acceptors (Lipinski definition) is 9. The van der Waals surface area contributed by atoms with Crippen LogP contribution in [0.25, 0.3) is 44.6 Å². The van der Waals surface area contributed by atoms with E-state index in [9.17, 15) is 4.79 Å². The predicted molar refractivity (Wildman–Crippen MR) is 182 cm³/mol. The van der Waals surface area contributed by atoms with Crippen molar-refractivity contribution in [2.45, 2.75) is 0 Å². The van der Waals surface area contributed by atoms with Crippen LogP contribution in [0.15, 0.2) is 66.0 Å². The Kier molecular flexibility index (Phi) is 13.1. The van der Waals surface area contributed by atoms with E-state index in [1.807, 2.05) is 24.4 Å². The van der Waals surface area contributed by atoms with Gasteiger partial charge in [-0.2, -0.15) is 4.98 Å². The molecule has 0 spiro atoms. The molecule has 0 unspecified atom stereocenters. The lowest BCUT2D eigenvalue weighted by molar-refractivity contribution is 0.399. The number of nitrogens with one attached hydrogen (secondary N) is 3. The van der Waals surface area contributed by atoms with Gasteiger partial charge in [-0.15, -0.1) is 70.5 Å². The van der Waals surface area contributed by atoms with Crippen molar-refractivity contribution in [1.82, 2.24) is 39.9 Å². The summed E-state index contributed by atoms with van der Waals surface area (Å²) >= 11 is 18.8. The van der Waals surface area contributed by atoms with Gasteiger partial charge in [0.15, 0.2) is 0 Å². The molecule has 6 heterocycles. The number of nitrogens with zero attached hydrogens (tertiary/aromatic N) is 5. The lowest BCUT2D eigenvalue weighted by Gasteiger charge is -2.00. The van der Waals surface area contributed by atoms with Crippen LogP contribution in [-0.2, 0) is 0 Å². The molecular weight excluding hydrogens is 782 g/mol. The van der Waals surface area contributed by atoms with Gasteiger partial charge in [-0.3, -0.25) is 4.79 Å². The molecule has 42 heavy (non-hydrogen) atoms. The topological polar surface area (TPSA) is 190 Å². The molecule has 0 aliphatic rings. The number of rotatable bonds is 3. The first-order valence-corrected chi connectivity index (χ1v) is 15.4. The minimum Gasteiger partial charge on any atom is -0.481 e. The molecule has 12 nitrogen and oxygen atoms in total. The molecule has 0 saturated heterocycles. The van der Waals surface area contributed by atoms with Gasteiger partial charge in [0.05, 0.1) is 23.8 Å². The van der Waals surface area contributed by atoms with Crippen LogP contribution in [0.4, 0.5) is 11.9 Å². The minimum atomic E-state index is -0.145. The average molecular weight is 804 g/mol. The summed E-state index contributed by atoms with van der Waals surface area (Å²) in [6.45, 7) is 0. The van der Waals surface area contributed by atoms with E-state index in [0.29, 0.717) is 11.5 Å². The highest BCUT2D eigenvalue weighted by molar-refractivity contribution is 9.69. The molecule has 0 aliphatic heterocycles. The molecule has 218 valence electrons. The van der Waals surface area contributed by atoms with Crippen LogP contribution >= 0.6 is 70.5 Å². The first-order valence-electron chi connectivity index (χ1n) is 11.6. The maximum Gasteiger partial charge on any atom is 0.369 e. The van der Waals surface area contributed by atoms with Crippen molar-refractivity contribution < 1.29 is 4.74 Å². The van der Waals surface area contributed by atoms with Crippen molar-refractivity contribution in [3.8, 4) is 28.4 Å². The van der Waals surface area contributed by atoms with Crippen LogP contribution < -0.4 is 21.8 Å². The molecular formula is C24H22BBr3Cl2N10O2. The highest BCUT2D eigenvalue weighted by Crippen LogP contribution is 2.28. The Morgan fingerprint density at radius 3 is 1.90 bits per heavy atom. The summed E-state index contributed by atoms with van der Waals surface area (Å²) in [6, 6.07) is 10.5. The third kappa shape index (κ3) is 9.42. The number of nitrogen functional groups attached to an aromatic ring is 2. The largest absolute Gasteiger partial charge is 0.481 e. The molecule has 0 aliphatic carbocycles. The van der Waals surface area contributed by atoms with Crippen molar-refractivity contribution >= 4 is 108 Å². The molecule has 6 aromatic rings.